The molecule has 0 atom stereocenters. The second-order valence-corrected chi connectivity index (χ2v) is 3.75. The van der Waals surface area contributed by atoms with Crippen LogP contribution in [0.3, 0.4) is 0 Å². The molecule has 0 amide bonds. The molecular formula is C12H19NO2. The lowest BCUT2D eigenvalue weighted by Crippen LogP contribution is -2.18. The third-order valence-corrected chi connectivity index (χ3v) is 2.36. The third kappa shape index (κ3) is 3.53. The van der Waals surface area contributed by atoms with E-state index in [2.05, 4.69) is 5.32 Å². The molecule has 0 bridgehead atoms. The van der Waals surface area contributed by atoms with Gasteiger partial charge in [-0.15, -0.1) is 0 Å². The summed E-state index contributed by atoms with van der Waals surface area (Å²) in [5.41, 5.74) is 3.05. The molecule has 1 aromatic rings. The van der Waals surface area contributed by atoms with E-state index in [9.17, 15) is 5.11 Å². The van der Waals surface area contributed by atoms with E-state index in [0.29, 0.717) is 5.75 Å². The highest BCUT2D eigenvalue weighted by Gasteiger charge is 2.02. The molecule has 0 saturated carbocycles. The van der Waals surface area contributed by atoms with Gasteiger partial charge in [-0.05, 0) is 30.5 Å². The fourth-order valence-corrected chi connectivity index (χ4v) is 1.55. The molecule has 0 radical (unpaired) electrons. The lowest BCUT2D eigenvalue weighted by Gasteiger charge is -2.08. The van der Waals surface area contributed by atoms with Gasteiger partial charge in [0.2, 0.25) is 0 Å². The van der Waals surface area contributed by atoms with E-state index in [0.717, 1.165) is 30.8 Å². The zero-order valence-electron chi connectivity index (χ0n) is 9.63. The minimum Gasteiger partial charge on any atom is -0.507 e. The van der Waals surface area contributed by atoms with Gasteiger partial charge in [-0.1, -0.05) is 12.1 Å². The van der Waals surface area contributed by atoms with Gasteiger partial charge in [-0.2, -0.15) is 0 Å². The van der Waals surface area contributed by atoms with Gasteiger partial charge in [0.15, 0.2) is 0 Å². The van der Waals surface area contributed by atoms with Crippen LogP contribution in [0.15, 0.2) is 12.1 Å². The summed E-state index contributed by atoms with van der Waals surface area (Å²) >= 11 is 0. The van der Waals surface area contributed by atoms with Crippen LogP contribution in [0, 0.1) is 13.8 Å². The van der Waals surface area contributed by atoms with Crippen LogP contribution in [-0.2, 0) is 11.3 Å². The monoisotopic (exact) mass is 209 g/mol. The second-order valence-electron chi connectivity index (χ2n) is 3.75. The number of ether oxygens (including phenoxy) is 1. The van der Waals surface area contributed by atoms with Crippen LogP contribution >= 0.6 is 0 Å². The standard InChI is InChI=1S/C12H19NO2/c1-9-6-11(7-10(2)12(9)14)8-13-4-5-15-3/h6-7,13-14H,4-5,8H2,1-3H3. The van der Waals surface area contributed by atoms with E-state index in [1.54, 1.807) is 7.11 Å². The van der Waals surface area contributed by atoms with Crippen molar-refractivity contribution >= 4 is 0 Å². The molecule has 15 heavy (non-hydrogen) atoms. The Morgan fingerprint density at radius 2 is 1.87 bits per heavy atom. The van der Waals surface area contributed by atoms with Crippen molar-refractivity contribution in [2.45, 2.75) is 20.4 Å². The van der Waals surface area contributed by atoms with Crippen molar-refractivity contribution in [2.75, 3.05) is 20.3 Å². The van der Waals surface area contributed by atoms with Crippen molar-refractivity contribution in [3.63, 3.8) is 0 Å². The summed E-state index contributed by atoms with van der Waals surface area (Å²) in [6, 6.07) is 4.00. The Morgan fingerprint density at radius 3 is 2.40 bits per heavy atom. The Balaban J connectivity index is 2.55. The van der Waals surface area contributed by atoms with Crippen LogP contribution in [0.4, 0.5) is 0 Å². The average molecular weight is 209 g/mol. The lowest BCUT2D eigenvalue weighted by atomic mass is 10.1. The first kappa shape index (κ1) is 12.0. The minimum absolute atomic E-state index is 0.399. The number of hydrogen-bond donors (Lipinski definition) is 2. The second kappa shape index (κ2) is 5.73. The molecule has 0 unspecified atom stereocenters. The van der Waals surface area contributed by atoms with Gasteiger partial charge in [-0.25, -0.2) is 0 Å². The van der Waals surface area contributed by atoms with Crippen LogP contribution in [0.25, 0.3) is 0 Å². The van der Waals surface area contributed by atoms with Gasteiger partial charge in [0.05, 0.1) is 6.61 Å². The molecule has 0 saturated heterocycles. The lowest BCUT2D eigenvalue weighted by molar-refractivity contribution is 0.199. The van der Waals surface area contributed by atoms with Gasteiger partial charge in [0.25, 0.3) is 0 Å². The Hall–Kier alpha value is -1.06. The van der Waals surface area contributed by atoms with Crippen LogP contribution in [0.5, 0.6) is 5.75 Å². The Labute approximate surface area is 91.1 Å². The molecule has 1 rings (SSSR count). The summed E-state index contributed by atoms with van der Waals surface area (Å²) < 4.78 is 4.94. The maximum Gasteiger partial charge on any atom is 0.121 e. The predicted molar refractivity (Wildman–Crippen MR) is 61.2 cm³/mol. The Kier molecular flexibility index (Phi) is 4.59. The summed E-state index contributed by atoms with van der Waals surface area (Å²) in [7, 11) is 1.69. The number of benzene rings is 1. The zero-order chi connectivity index (χ0) is 11.3. The Morgan fingerprint density at radius 1 is 1.27 bits per heavy atom. The molecule has 84 valence electrons. The van der Waals surface area contributed by atoms with Crippen molar-refractivity contribution in [2.24, 2.45) is 0 Å². The van der Waals surface area contributed by atoms with Gasteiger partial charge in [-0.3, -0.25) is 0 Å². The summed E-state index contributed by atoms with van der Waals surface area (Å²) in [5.74, 6) is 0.399. The van der Waals surface area contributed by atoms with Crippen molar-refractivity contribution in [1.29, 1.82) is 0 Å². The summed E-state index contributed by atoms with van der Waals surface area (Å²) in [6.07, 6.45) is 0. The highest BCUT2D eigenvalue weighted by molar-refractivity contribution is 5.42. The average Bonchev–Trinajstić information content (AvgIpc) is 2.21. The smallest absolute Gasteiger partial charge is 0.121 e. The topological polar surface area (TPSA) is 41.5 Å². The van der Waals surface area contributed by atoms with E-state index >= 15 is 0 Å². The molecule has 0 aliphatic carbocycles. The first-order valence-corrected chi connectivity index (χ1v) is 5.14. The van der Waals surface area contributed by atoms with Crippen molar-refractivity contribution in [3.8, 4) is 5.75 Å². The van der Waals surface area contributed by atoms with E-state index in [1.165, 1.54) is 5.56 Å². The normalized spacial score (nSPS) is 10.6. The molecule has 0 spiro atoms. The maximum absolute atomic E-state index is 9.60. The first-order chi connectivity index (χ1) is 7.15. The van der Waals surface area contributed by atoms with E-state index < -0.39 is 0 Å². The largest absolute Gasteiger partial charge is 0.507 e. The van der Waals surface area contributed by atoms with E-state index in [1.807, 2.05) is 26.0 Å². The summed E-state index contributed by atoms with van der Waals surface area (Å²) in [5, 5.41) is 12.9. The van der Waals surface area contributed by atoms with Crippen molar-refractivity contribution < 1.29 is 9.84 Å². The minimum atomic E-state index is 0.399. The molecule has 1 aromatic carbocycles. The molecule has 0 fully saturated rings. The molecule has 3 nitrogen and oxygen atoms in total. The van der Waals surface area contributed by atoms with Crippen LogP contribution < -0.4 is 5.32 Å². The quantitative estimate of drug-likeness (QED) is 0.726. The number of aryl methyl sites for hydroxylation is 2. The van der Waals surface area contributed by atoms with E-state index in [4.69, 9.17) is 4.74 Å². The predicted octanol–water partition coefficient (Wildman–Crippen LogP) is 1.75. The summed E-state index contributed by atoms with van der Waals surface area (Å²) in [6.45, 7) is 6.21. The number of nitrogens with one attached hydrogen (secondary N) is 1. The van der Waals surface area contributed by atoms with Crippen LogP contribution in [-0.4, -0.2) is 25.4 Å². The molecule has 3 heteroatoms. The van der Waals surface area contributed by atoms with Gasteiger partial charge < -0.3 is 15.2 Å². The van der Waals surface area contributed by atoms with Crippen LogP contribution in [0.2, 0.25) is 0 Å². The Bertz CT molecular complexity index is 300. The highest BCUT2D eigenvalue weighted by Crippen LogP contribution is 2.22. The molecule has 2 N–H and O–H groups in total. The number of hydrogen-bond acceptors (Lipinski definition) is 3. The number of rotatable bonds is 5. The maximum atomic E-state index is 9.60. The van der Waals surface area contributed by atoms with Gasteiger partial charge in [0.1, 0.15) is 5.75 Å². The van der Waals surface area contributed by atoms with Gasteiger partial charge >= 0.3 is 0 Å². The number of phenols is 1. The molecule has 0 aliphatic rings. The van der Waals surface area contributed by atoms with Crippen LogP contribution in [0.1, 0.15) is 16.7 Å². The molecular weight excluding hydrogens is 190 g/mol. The van der Waals surface area contributed by atoms with Crippen molar-refractivity contribution in [3.05, 3.63) is 28.8 Å². The first-order valence-electron chi connectivity index (χ1n) is 5.14. The van der Waals surface area contributed by atoms with Crippen molar-refractivity contribution in [1.82, 2.24) is 5.32 Å². The third-order valence-electron chi connectivity index (χ3n) is 2.36. The molecule has 0 aliphatic heterocycles. The summed E-state index contributed by atoms with van der Waals surface area (Å²) in [4.78, 5) is 0. The number of aromatic hydroxyl groups is 1. The fourth-order valence-electron chi connectivity index (χ4n) is 1.55. The fraction of sp³-hybridized carbons (Fsp3) is 0.500. The van der Waals surface area contributed by atoms with E-state index in [-0.39, 0.29) is 0 Å². The SMILES string of the molecule is COCCNCc1cc(C)c(O)c(C)c1. The van der Waals surface area contributed by atoms with Gasteiger partial charge in [0, 0.05) is 20.2 Å². The highest BCUT2D eigenvalue weighted by atomic mass is 16.5. The number of methoxy groups -OCH3 is 1. The zero-order valence-corrected chi connectivity index (χ0v) is 9.63. The molecule has 0 heterocycles. The number of phenolic OH excluding ortho intramolecular Hbond substituents is 1. The molecule has 0 aromatic heterocycles.